The fraction of sp³-hybridized carbons (Fsp3) is 0.778. The van der Waals surface area contributed by atoms with Gasteiger partial charge in [0.05, 0.1) is 19.1 Å². The average molecular weight is 202 g/mol. The van der Waals surface area contributed by atoms with Crippen LogP contribution in [0.15, 0.2) is 0 Å². The summed E-state index contributed by atoms with van der Waals surface area (Å²) >= 11 is 0. The first-order valence-corrected chi connectivity index (χ1v) is 4.66. The first-order chi connectivity index (χ1) is 6.65. The van der Waals surface area contributed by atoms with Crippen molar-refractivity contribution in [3.63, 3.8) is 0 Å². The molecule has 5 nitrogen and oxygen atoms in total. The van der Waals surface area contributed by atoms with Crippen LogP contribution in [0.1, 0.15) is 19.8 Å². The number of esters is 1. The summed E-state index contributed by atoms with van der Waals surface area (Å²) in [6.07, 6.45) is 0.134. The van der Waals surface area contributed by atoms with Crippen molar-refractivity contribution in [2.75, 3.05) is 13.2 Å². The van der Waals surface area contributed by atoms with E-state index >= 15 is 0 Å². The second-order valence-corrected chi connectivity index (χ2v) is 3.19. The van der Waals surface area contributed by atoms with Crippen molar-refractivity contribution in [1.29, 1.82) is 0 Å². The lowest BCUT2D eigenvalue weighted by atomic mass is 9.99. The molecule has 0 radical (unpaired) electrons. The van der Waals surface area contributed by atoms with Gasteiger partial charge in [0, 0.05) is 0 Å². The van der Waals surface area contributed by atoms with Crippen molar-refractivity contribution in [3.05, 3.63) is 0 Å². The molecule has 1 aliphatic rings. The first-order valence-electron chi connectivity index (χ1n) is 4.66. The molecule has 0 spiro atoms. The Labute approximate surface area is 82.0 Å². The molecule has 0 aromatic heterocycles. The summed E-state index contributed by atoms with van der Waals surface area (Å²) in [5, 5.41) is 8.63. The Balaban J connectivity index is 2.35. The summed E-state index contributed by atoms with van der Waals surface area (Å²) in [7, 11) is 0. The highest BCUT2D eigenvalue weighted by molar-refractivity contribution is 5.75. The molecule has 0 bridgehead atoms. The van der Waals surface area contributed by atoms with E-state index < -0.39 is 12.1 Å². The smallest absolute Gasteiger partial charge is 0.332 e. The van der Waals surface area contributed by atoms with E-state index in [4.69, 9.17) is 14.6 Å². The van der Waals surface area contributed by atoms with E-state index in [0.717, 1.165) is 0 Å². The van der Waals surface area contributed by atoms with Gasteiger partial charge < -0.3 is 14.6 Å². The van der Waals surface area contributed by atoms with Crippen molar-refractivity contribution < 1.29 is 24.2 Å². The van der Waals surface area contributed by atoms with Crippen molar-refractivity contribution in [3.8, 4) is 0 Å². The van der Waals surface area contributed by atoms with E-state index in [1.165, 1.54) is 0 Å². The van der Waals surface area contributed by atoms with Gasteiger partial charge in [0.15, 0.2) is 6.10 Å². The number of carboxylic acid groups (broad SMARTS) is 1. The fourth-order valence-electron chi connectivity index (χ4n) is 1.39. The molecule has 0 saturated carbocycles. The fourth-order valence-corrected chi connectivity index (χ4v) is 1.39. The van der Waals surface area contributed by atoms with E-state index in [1.54, 1.807) is 6.92 Å². The van der Waals surface area contributed by atoms with Crippen LogP contribution in [0, 0.1) is 5.92 Å². The molecule has 1 heterocycles. The van der Waals surface area contributed by atoms with E-state index in [0.29, 0.717) is 19.4 Å². The Morgan fingerprint density at radius 1 is 1.50 bits per heavy atom. The molecule has 1 fully saturated rings. The SMILES string of the molecule is CCOC(=O)[C@H]1CC[C@@H](C(=O)O)OC1. The Morgan fingerprint density at radius 2 is 2.21 bits per heavy atom. The Morgan fingerprint density at radius 3 is 2.64 bits per heavy atom. The number of aliphatic carboxylic acids is 1. The van der Waals surface area contributed by atoms with Crippen LogP contribution in [0.2, 0.25) is 0 Å². The lowest BCUT2D eigenvalue weighted by molar-refractivity contribution is -0.164. The number of carboxylic acids is 1. The topological polar surface area (TPSA) is 72.8 Å². The maximum atomic E-state index is 11.2. The van der Waals surface area contributed by atoms with E-state index in [9.17, 15) is 9.59 Å². The van der Waals surface area contributed by atoms with Crippen LogP contribution in [0.3, 0.4) is 0 Å². The van der Waals surface area contributed by atoms with Gasteiger partial charge in [0.1, 0.15) is 0 Å². The zero-order valence-corrected chi connectivity index (χ0v) is 8.06. The molecule has 1 N–H and O–H groups in total. The normalized spacial score (nSPS) is 26.9. The van der Waals surface area contributed by atoms with Gasteiger partial charge in [0.2, 0.25) is 0 Å². The Hall–Kier alpha value is -1.10. The third-order valence-electron chi connectivity index (χ3n) is 2.17. The number of carbonyl (C=O) groups excluding carboxylic acids is 1. The van der Waals surface area contributed by atoms with Gasteiger partial charge in [-0.3, -0.25) is 4.79 Å². The quantitative estimate of drug-likeness (QED) is 0.672. The maximum absolute atomic E-state index is 11.2. The van der Waals surface area contributed by atoms with Crippen molar-refractivity contribution in [2.24, 2.45) is 5.92 Å². The minimum Gasteiger partial charge on any atom is -0.479 e. The molecule has 1 rings (SSSR count). The van der Waals surface area contributed by atoms with Crippen LogP contribution in [0.5, 0.6) is 0 Å². The van der Waals surface area contributed by atoms with Crippen LogP contribution in [0.25, 0.3) is 0 Å². The summed E-state index contributed by atoms with van der Waals surface area (Å²) in [5.41, 5.74) is 0. The number of hydrogen-bond donors (Lipinski definition) is 1. The molecule has 2 atom stereocenters. The lowest BCUT2D eigenvalue weighted by Crippen LogP contribution is -2.35. The van der Waals surface area contributed by atoms with Crippen LogP contribution in [-0.4, -0.2) is 36.4 Å². The number of ether oxygens (including phenoxy) is 2. The molecular weight excluding hydrogens is 188 g/mol. The zero-order chi connectivity index (χ0) is 10.6. The lowest BCUT2D eigenvalue weighted by Gasteiger charge is -2.24. The highest BCUT2D eigenvalue weighted by Gasteiger charge is 2.31. The van der Waals surface area contributed by atoms with Gasteiger partial charge in [-0.1, -0.05) is 0 Å². The van der Waals surface area contributed by atoms with Crippen LogP contribution in [0.4, 0.5) is 0 Å². The summed E-state index contributed by atoms with van der Waals surface area (Å²) in [4.78, 5) is 21.7. The van der Waals surface area contributed by atoms with E-state index in [-0.39, 0.29) is 18.5 Å². The zero-order valence-electron chi connectivity index (χ0n) is 8.06. The van der Waals surface area contributed by atoms with Crippen LogP contribution >= 0.6 is 0 Å². The predicted octanol–water partition coefficient (Wildman–Crippen LogP) is 0.429. The summed E-state index contributed by atoms with van der Waals surface area (Å²) in [5.74, 6) is -1.56. The van der Waals surface area contributed by atoms with E-state index in [1.807, 2.05) is 0 Å². The van der Waals surface area contributed by atoms with Crippen molar-refractivity contribution in [2.45, 2.75) is 25.9 Å². The third kappa shape index (κ3) is 2.70. The summed E-state index contributed by atoms with van der Waals surface area (Å²) < 4.78 is 9.83. The first kappa shape index (κ1) is 11.0. The minimum atomic E-state index is -0.965. The molecule has 14 heavy (non-hydrogen) atoms. The van der Waals surface area contributed by atoms with Gasteiger partial charge in [0.25, 0.3) is 0 Å². The van der Waals surface area contributed by atoms with Crippen molar-refractivity contribution >= 4 is 11.9 Å². The molecule has 1 aliphatic heterocycles. The van der Waals surface area contributed by atoms with Crippen LogP contribution in [-0.2, 0) is 19.1 Å². The number of rotatable bonds is 3. The molecule has 0 amide bonds. The minimum absolute atomic E-state index is 0.149. The van der Waals surface area contributed by atoms with Gasteiger partial charge >= 0.3 is 11.9 Å². The predicted molar refractivity (Wildman–Crippen MR) is 46.7 cm³/mol. The summed E-state index contributed by atoms with van der Waals surface area (Å²) in [6.45, 7) is 2.23. The van der Waals surface area contributed by atoms with Gasteiger partial charge in [-0.15, -0.1) is 0 Å². The Bertz CT molecular complexity index is 217. The molecule has 0 unspecified atom stereocenters. The van der Waals surface area contributed by atoms with Gasteiger partial charge in [-0.05, 0) is 19.8 Å². The third-order valence-corrected chi connectivity index (χ3v) is 2.17. The molecule has 5 heteroatoms. The van der Waals surface area contributed by atoms with Crippen molar-refractivity contribution in [1.82, 2.24) is 0 Å². The molecule has 1 saturated heterocycles. The number of hydrogen-bond acceptors (Lipinski definition) is 4. The maximum Gasteiger partial charge on any atom is 0.332 e. The second kappa shape index (κ2) is 4.95. The van der Waals surface area contributed by atoms with Gasteiger partial charge in [-0.2, -0.15) is 0 Å². The second-order valence-electron chi connectivity index (χ2n) is 3.19. The largest absolute Gasteiger partial charge is 0.479 e. The molecule has 0 aromatic carbocycles. The van der Waals surface area contributed by atoms with Crippen LogP contribution < -0.4 is 0 Å². The average Bonchev–Trinajstić information content (AvgIpc) is 2.18. The monoisotopic (exact) mass is 202 g/mol. The summed E-state index contributed by atoms with van der Waals surface area (Å²) in [6, 6.07) is 0. The highest BCUT2D eigenvalue weighted by Crippen LogP contribution is 2.20. The molecule has 0 aromatic rings. The Kier molecular flexibility index (Phi) is 3.88. The highest BCUT2D eigenvalue weighted by atomic mass is 16.5. The molecular formula is C9H14O5. The number of carbonyl (C=O) groups is 2. The van der Waals surface area contributed by atoms with E-state index in [2.05, 4.69) is 0 Å². The standard InChI is InChI=1S/C9H14O5/c1-2-13-9(12)6-3-4-7(8(10)11)14-5-6/h6-7H,2-5H2,1H3,(H,10,11)/t6-,7-/m0/s1. The molecule has 80 valence electrons. The van der Waals surface area contributed by atoms with Gasteiger partial charge in [-0.25, -0.2) is 4.79 Å². The molecule has 0 aliphatic carbocycles.